The molecule has 0 atom stereocenters. The smallest absolute Gasteiger partial charge is 0.224 e. The molecular formula is C17H15BrClFN4O. The first-order chi connectivity index (χ1) is 12.1. The molecular weight excluding hydrogens is 411 g/mol. The lowest BCUT2D eigenvalue weighted by Crippen LogP contribution is -2.26. The van der Waals surface area contributed by atoms with Crippen molar-refractivity contribution in [2.45, 2.75) is 37.8 Å². The Bertz CT molecular complexity index is 911. The summed E-state index contributed by atoms with van der Waals surface area (Å²) < 4.78 is 21.8. The van der Waals surface area contributed by atoms with Gasteiger partial charge in [-0.3, -0.25) is 9.67 Å². The van der Waals surface area contributed by atoms with Crippen LogP contribution >= 0.6 is 27.5 Å². The number of rotatable bonds is 3. The van der Waals surface area contributed by atoms with E-state index >= 15 is 0 Å². The number of hydrogen-bond acceptors (Lipinski definition) is 4. The van der Waals surface area contributed by atoms with Crippen molar-refractivity contribution in [1.29, 1.82) is 0 Å². The fourth-order valence-corrected chi connectivity index (χ4v) is 3.74. The maximum Gasteiger partial charge on any atom is 0.224 e. The quantitative estimate of drug-likeness (QED) is 0.558. The molecule has 1 fully saturated rings. The van der Waals surface area contributed by atoms with Crippen LogP contribution < -0.4 is 4.74 Å². The zero-order chi connectivity index (χ0) is 17.4. The number of pyridine rings is 2. The van der Waals surface area contributed by atoms with Crippen molar-refractivity contribution in [1.82, 2.24) is 19.7 Å². The van der Waals surface area contributed by atoms with E-state index in [0.717, 1.165) is 41.1 Å². The van der Waals surface area contributed by atoms with Gasteiger partial charge in [-0.25, -0.2) is 9.37 Å². The summed E-state index contributed by atoms with van der Waals surface area (Å²) in [7, 11) is 0. The highest BCUT2D eigenvalue weighted by atomic mass is 79.9. The highest BCUT2D eigenvalue weighted by Gasteiger charge is 2.25. The molecule has 0 radical (unpaired) electrons. The summed E-state index contributed by atoms with van der Waals surface area (Å²) in [6.45, 7) is 0. The van der Waals surface area contributed by atoms with Crippen molar-refractivity contribution < 1.29 is 9.13 Å². The monoisotopic (exact) mass is 424 g/mol. The molecule has 0 amide bonds. The zero-order valence-electron chi connectivity index (χ0n) is 13.2. The molecule has 5 nitrogen and oxygen atoms in total. The molecule has 0 N–H and O–H groups in total. The summed E-state index contributed by atoms with van der Waals surface area (Å²) in [5.74, 6) is 0.205. The molecule has 130 valence electrons. The van der Waals surface area contributed by atoms with E-state index < -0.39 is 0 Å². The second-order valence-electron chi connectivity index (χ2n) is 6.16. The van der Waals surface area contributed by atoms with Crippen LogP contribution in [0.2, 0.25) is 5.15 Å². The summed E-state index contributed by atoms with van der Waals surface area (Å²) >= 11 is 9.52. The van der Waals surface area contributed by atoms with E-state index in [4.69, 9.17) is 16.3 Å². The molecule has 0 saturated heterocycles. The number of hydrogen-bond donors (Lipinski definition) is 0. The van der Waals surface area contributed by atoms with Crippen LogP contribution in [-0.4, -0.2) is 25.9 Å². The van der Waals surface area contributed by atoms with Crippen LogP contribution in [0.25, 0.3) is 10.9 Å². The highest BCUT2D eigenvalue weighted by molar-refractivity contribution is 9.10. The Labute approximate surface area is 157 Å². The van der Waals surface area contributed by atoms with Crippen molar-refractivity contribution in [3.8, 4) is 5.88 Å². The van der Waals surface area contributed by atoms with Gasteiger partial charge in [-0.15, -0.1) is 0 Å². The van der Waals surface area contributed by atoms with Gasteiger partial charge in [0.05, 0.1) is 29.3 Å². The van der Waals surface area contributed by atoms with Gasteiger partial charge in [0.25, 0.3) is 0 Å². The van der Waals surface area contributed by atoms with Gasteiger partial charge in [-0.05, 0) is 47.7 Å². The van der Waals surface area contributed by atoms with Gasteiger partial charge in [0.15, 0.2) is 5.82 Å². The number of nitrogens with zero attached hydrogens (tertiary/aromatic N) is 4. The van der Waals surface area contributed by atoms with Crippen LogP contribution in [0, 0.1) is 5.82 Å². The van der Waals surface area contributed by atoms with E-state index in [1.54, 1.807) is 16.9 Å². The third-order valence-electron chi connectivity index (χ3n) is 4.45. The number of aromatic nitrogens is 4. The van der Waals surface area contributed by atoms with Gasteiger partial charge >= 0.3 is 0 Å². The molecule has 0 aromatic carbocycles. The Morgan fingerprint density at radius 3 is 2.72 bits per heavy atom. The van der Waals surface area contributed by atoms with Crippen LogP contribution in [0.15, 0.2) is 35.2 Å². The second kappa shape index (κ2) is 6.88. The predicted molar refractivity (Wildman–Crippen MR) is 96.4 cm³/mol. The van der Waals surface area contributed by atoms with E-state index in [1.807, 2.05) is 6.07 Å². The maximum absolute atomic E-state index is 13.1. The van der Waals surface area contributed by atoms with Gasteiger partial charge in [0.1, 0.15) is 11.3 Å². The molecule has 3 aromatic rings. The lowest BCUT2D eigenvalue weighted by molar-refractivity contribution is 0.126. The Morgan fingerprint density at radius 2 is 2.00 bits per heavy atom. The van der Waals surface area contributed by atoms with Gasteiger partial charge in [0, 0.05) is 16.7 Å². The van der Waals surface area contributed by atoms with E-state index in [1.165, 1.54) is 12.4 Å². The van der Waals surface area contributed by atoms with Crippen molar-refractivity contribution in [3.63, 3.8) is 0 Å². The molecule has 0 unspecified atom stereocenters. The van der Waals surface area contributed by atoms with Crippen LogP contribution in [0.3, 0.4) is 0 Å². The van der Waals surface area contributed by atoms with Gasteiger partial charge in [0.2, 0.25) is 5.88 Å². The largest absolute Gasteiger partial charge is 0.474 e. The second-order valence-corrected chi connectivity index (χ2v) is 7.46. The van der Waals surface area contributed by atoms with Crippen LogP contribution in [0.1, 0.15) is 31.7 Å². The van der Waals surface area contributed by atoms with E-state index in [9.17, 15) is 4.39 Å². The normalized spacial score (nSPS) is 20.8. The SMILES string of the molecule is Fc1cnn([C@H]2CC[C@@H](Oc3nc(Cl)cc4ncc(Br)cc34)CC2)c1. The first kappa shape index (κ1) is 16.7. The predicted octanol–water partition coefficient (Wildman–Crippen LogP) is 4.94. The molecule has 1 aliphatic carbocycles. The summed E-state index contributed by atoms with van der Waals surface area (Å²) in [4.78, 5) is 8.68. The third kappa shape index (κ3) is 3.62. The highest BCUT2D eigenvalue weighted by Crippen LogP contribution is 2.33. The van der Waals surface area contributed by atoms with Crippen molar-refractivity contribution in [2.24, 2.45) is 0 Å². The first-order valence-corrected chi connectivity index (χ1v) is 9.24. The van der Waals surface area contributed by atoms with Crippen LogP contribution in [-0.2, 0) is 0 Å². The van der Waals surface area contributed by atoms with E-state index in [2.05, 4.69) is 31.0 Å². The molecule has 25 heavy (non-hydrogen) atoms. The van der Waals surface area contributed by atoms with Gasteiger partial charge in [-0.1, -0.05) is 11.6 Å². The number of halogens is 3. The lowest BCUT2D eigenvalue weighted by Gasteiger charge is -2.29. The molecule has 1 saturated carbocycles. The maximum atomic E-state index is 13.1. The minimum atomic E-state index is -0.300. The molecule has 3 heterocycles. The summed E-state index contributed by atoms with van der Waals surface area (Å²) in [5, 5.41) is 5.26. The summed E-state index contributed by atoms with van der Waals surface area (Å²) in [5.41, 5.74) is 0.749. The number of ether oxygens (including phenoxy) is 1. The molecule has 1 aliphatic rings. The summed E-state index contributed by atoms with van der Waals surface area (Å²) in [6.07, 6.45) is 7.92. The Kier molecular flexibility index (Phi) is 4.60. The lowest BCUT2D eigenvalue weighted by atomic mass is 9.93. The number of fused-ring (bicyclic) bond motifs is 1. The molecule has 4 rings (SSSR count). The molecule has 8 heteroatoms. The molecule has 0 bridgehead atoms. The van der Waals surface area contributed by atoms with Gasteiger partial charge < -0.3 is 4.74 Å². The van der Waals surface area contributed by atoms with Crippen molar-refractivity contribution in [3.05, 3.63) is 46.2 Å². The average molecular weight is 426 g/mol. The summed E-state index contributed by atoms with van der Waals surface area (Å²) in [6, 6.07) is 3.86. The zero-order valence-corrected chi connectivity index (χ0v) is 15.5. The van der Waals surface area contributed by atoms with Crippen molar-refractivity contribution >= 4 is 38.4 Å². The Morgan fingerprint density at radius 1 is 1.20 bits per heavy atom. The Hall–Kier alpha value is -1.73. The standard InChI is InChI=1S/C17H15BrClFN4O/c18-10-5-14-15(21-7-10)6-16(19)23-17(14)25-13-3-1-12(2-4-13)24-9-11(20)8-22-24/h5-9,12-13H,1-4H2/t12-,13+. The van der Waals surface area contributed by atoms with Crippen molar-refractivity contribution in [2.75, 3.05) is 0 Å². The van der Waals surface area contributed by atoms with Crippen LogP contribution in [0.4, 0.5) is 4.39 Å². The first-order valence-electron chi connectivity index (χ1n) is 8.06. The van der Waals surface area contributed by atoms with Crippen LogP contribution in [0.5, 0.6) is 5.88 Å². The molecule has 3 aromatic heterocycles. The van der Waals surface area contributed by atoms with Gasteiger partial charge in [-0.2, -0.15) is 5.10 Å². The minimum absolute atomic E-state index is 0.0461. The third-order valence-corrected chi connectivity index (χ3v) is 5.07. The minimum Gasteiger partial charge on any atom is -0.474 e. The van der Waals surface area contributed by atoms with E-state index in [-0.39, 0.29) is 18.0 Å². The Balaban J connectivity index is 1.50. The van der Waals surface area contributed by atoms with E-state index in [0.29, 0.717) is 11.0 Å². The molecule has 0 aliphatic heterocycles. The topological polar surface area (TPSA) is 52.8 Å². The molecule has 0 spiro atoms. The fraction of sp³-hybridized carbons (Fsp3) is 0.353. The fourth-order valence-electron chi connectivity index (χ4n) is 3.23. The average Bonchev–Trinajstić information content (AvgIpc) is 3.02.